The van der Waals surface area contributed by atoms with E-state index in [9.17, 15) is 13.2 Å². The van der Waals surface area contributed by atoms with Crippen molar-refractivity contribution in [2.75, 3.05) is 25.5 Å². The van der Waals surface area contributed by atoms with E-state index < -0.39 is 15.9 Å². The number of anilines is 1. The van der Waals surface area contributed by atoms with Gasteiger partial charge in [0.05, 0.1) is 10.6 Å². The Kier molecular flexibility index (Phi) is 6.34. The number of carbonyl (C=O) groups excluding carboxylic acids is 1. The summed E-state index contributed by atoms with van der Waals surface area (Å²) in [6.07, 6.45) is 1.46. The van der Waals surface area contributed by atoms with E-state index in [4.69, 9.17) is 23.2 Å². The van der Waals surface area contributed by atoms with Gasteiger partial charge in [-0.2, -0.15) is 0 Å². The second kappa shape index (κ2) is 8.38. The number of hydrogen-bond donors (Lipinski definition) is 2. The summed E-state index contributed by atoms with van der Waals surface area (Å²) in [5.74, 6) is -0.528. The molecular formula is C15H17Cl2N5O3S2. The first-order valence-corrected chi connectivity index (χ1v) is 11.1. The molecule has 1 amide bonds. The van der Waals surface area contributed by atoms with E-state index in [2.05, 4.69) is 25.1 Å². The van der Waals surface area contributed by atoms with Crippen molar-refractivity contribution >= 4 is 55.6 Å². The van der Waals surface area contributed by atoms with E-state index in [0.717, 1.165) is 37.3 Å². The van der Waals surface area contributed by atoms with Crippen LogP contribution >= 0.6 is 34.5 Å². The predicted molar refractivity (Wildman–Crippen MR) is 105 cm³/mol. The Balaban J connectivity index is 1.67. The molecule has 1 aromatic heterocycles. The topological polar surface area (TPSA) is 104 Å². The highest BCUT2D eigenvalue weighted by atomic mass is 35.5. The van der Waals surface area contributed by atoms with Gasteiger partial charge in [-0.05, 0) is 51.2 Å². The van der Waals surface area contributed by atoms with Crippen molar-refractivity contribution in [1.29, 1.82) is 0 Å². The maximum atomic E-state index is 12.5. The number of amides is 1. The Bertz CT molecular complexity index is 943. The molecule has 0 aliphatic carbocycles. The number of aromatic nitrogens is 2. The highest BCUT2D eigenvalue weighted by Crippen LogP contribution is 2.25. The quantitative estimate of drug-likeness (QED) is 0.679. The summed E-state index contributed by atoms with van der Waals surface area (Å²) >= 11 is 12.6. The van der Waals surface area contributed by atoms with Crippen molar-refractivity contribution in [3.05, 3.63) is 33.8 Å². The van der Waals surface area contributed by atoms with E-state index >= 15 is 0 Å². The molecule has 2 heterocycles. The van der Waals surface area contributed by atoms with Gasteiger partial charge in [-0.3, -0.25) is 10.1 Å². The summed E-state index contributed by atoms with van der Waals surface area (Å²) in [6.45, 7) is 1.65. The lowest BCUT2D eigenvalue weighted by Gasteiger charge is -2.28. The third kappa shape index (κ3) is 5.15. The molecule has 2 aromatic rings. The van der Waals surface area contributed by atoms with Crippen LogP contribution in [-0.2, 0) is 10.0 Å². The first-order valence-electron chi connectivity index (χ1n) is 8.05. The minimum atomic E-state index is -3.79. The molecule has 27 heavy (non-hydrogen) atoms. The average molecular weight is 450 g/mol. The number of piperidine rings is 1. The van der Waals surface area contributed by atoms with Gasteiger partial charge < -0.3 is 4.90 Å². The first kappa shape index (κ1) is 20.4. The van der Waals surface area contributed by atoms with Crippen LogP contribution in [0.2, 0.25) is 10.0 Å². The van der Waals surface area contributed by atoms with Crippen molar-refractivity contribution in [2.45, 2.75) is 23.2 Å². The number of likely N-dealkylation sites (tertiary alicyclic amines) is 1. The van der Waals surface area contributed by atoms with Crippen LogP contribution in [0.15, 0.2) is 22.5 Å². The molecule has 146 valence electrons. The molecule has 0 unspecified atom stereocenters. The lowest BCUT2D eigenvalue weighted by molar-refractivity contribution is 0.102. The highest BCUT2D eigenvalue weighted by molar-refractivity contribution is 7.91. The van der Waals surface area contributed by atoms with E-state index in [1.54, 1.807) is 0 Å². The van der Waals surface area contributed by atoms with Crippen LogP contribution < -0.4 is 10.0 Å². The molecule has 0 bridgehead atoms. The second-order valence-electron chi connectivity index (χ2n) is 6.15. The van der Waals surface area contributed by atoms with Crippen LogP contribution in [0, 0.1) is 0 Å². The fourth-order valence-electron chi connectivity index (χ4n) is 2.60. The first-order chi connectivity index (χ1) is 12.7. The number of sulfonamides is 1. The molecule has 1 aliphatic heterocycles. The Hall–Kier alpha value is -1.30. The predicted octanol–water partition coefficient (Wildman–Crippen LogP) is 2.47. The zero-order valence-corrected chi connectivity index (χ0v) is 17.4. The van der Waals surface area contributed by atoms with E-state index in [0.29, 0.717) is 5.02 Å². The molecule has 3 rings (SSSR count). The molecule has 8 nitrogen and oxygen atoms in total. The number of nitrogens with zero attached hydrogens (tertiary/aromatic N) is 3. The monoisotopic (exact) mass is 449 g/mol. The van der Waals surface area contributed by atoms with E-state index in [1.165, 1.54) is 18.2 Å². The standard InChI is InChI=1S/C15H17Cl2N5O3S2/c1-22-6-4-10(5-7-22)21-27(24,25)15-20-19-14(26-15)18-13(23)11-3-2-9(16)8-12(11)17/h2-3,8,10,21H,4-7H2,1H3,(H,18,19,23). The fourth-order valence-corrected chi connectivity index (χ4v) is 5.31. The number of halogens is 2. The molecule has 1 fully saturated rings. The zero-order valence-electron chi connectivity index (χ0n) is 14.3. The Morgan fingerprint density at radius 3 is 2.63 bits per heavy atom. The summed E-state index contributed by atoms with van der Waals surface area (Å²) in [5, 5.41) is 10.6. The number of carbonyl (C=O) groups is 1. The van der Waals surface area contributed by atoms with Gasteiger partial charge in [0.1, 0.15) is 0 Å². The summed E-state index contributed by atoms with van der Waals surface area (Å²) in [4.78, 5) is 14.4. The molecule has 1 saturated heterocycles. The molecule has 12 heteroatoms. The van der Waals surface area contributed by atoms with Gasteiger partial charge in [0.15, 0.2) is 0 Å². The third-order valence-electron chi connectivity index (χ3n) is 4.07. The van der Waals surface area contributed by atoms with Crippen LogP contribution in [0.25, 0.3) is 0 Å². The maximum Gasteiger partial charge on any atom is 0.270 e. The highest BCUT2D eigenvalue weighted by Gasteiger charge is 2.27. The normalized spacial score (nSPS) is 16.4. The maximum absolute atomic E-state index is 12.5. The zero-order chi connectivity index (χ0) is 19.6. The molecular weight excluding hydrogens is 433 g/mol. The summed E-state index contributed by atoms with van der Waals surface area (Å²) in [6, 6.07) is 4.31. The van der Waals surface area contributed by atoms with Crippen LogP contribution in [0.5, 0.6) is 0 Å². The van der Waals surface area contributed by atoms with E-state index in [-0.39, 0.29) is 26.1 Å². The second-order valence-corrected chi connectivity index (χ2v) is 9.86. The van der Waals surface area contributed by atoms with Gasteiger partial charge in [-0.1, -0.05) is 34.5 Å². The van der Waals surface area contributed by atoms with Crippen molar-refractivity contribution in [3.63, 3.8) is 0 Å². The minimum absolute atomic E-state index is 0.0646. The number of hydrogen-bond acceptors (Lipinski definition) is 7. The Morgan fingerprint density at radius 2 is 1.96 bits per heavy atom. The Labute approximate surface area is 170 Å². The summed E-state index contributed by atoms with van der Waals surface area (Å²) in [7, 11) is -1.79. The van der Waals surface area contributed by atoms with Gasteiger partial charge >= 0.3 is 0 Å². The van der Waals surface area contributed by atoms with E-state index in [1.807, 2.05) is 7.05 Å². The SMILES string of the molecule is CN1CCC(NS(=O)(=O)c2nnc(NC(=O)c3ccc(Cl)cc3Cl)s2)CC1. The van der Waals surface area contributed by atoms with Crippen LogP contribution in [0.1, 0.15) is 23.2 Å². The van der Waals surface area contributed by atoms with Gasteiger partial charge in [0.25, 0.3) is 15.9 Å². The lowest BCUT2D eigenvalue weighted by atomic mass is 10.1. The van der Waals surface area contributed by atoms with Crippen molar-refractivity contribution < 1.29 is 13.2 Å². The molecule has 0 saturated carbocycles. The van der Waals surface area contributed by atoms with Gasteiger partial charge in [-0.25, -0.2) is 13.1 Å². The molecule has 1 aliphatic rings. The van der Waals surface area contributed by atoms with Crippen molar-refractivity contribution in [2.24, 2.45) is 0 Å². The van der Waals surface area contributed by atoms with Crippen LogP contribution in [0.4, 0.5) is 5.13 Å². The van der Waals surface area contributed by atoms with Gasteiger partial charge in [-0.15, -0.1) is 10.2 Å². The fraction of sp³-hybridized carbons (Fsp3) is 0.400. The Morgan fingerprint density at radius 1 is 1.26 bits per heavy atom. The molecule has 1 aromatic carbocycles. The smallest absolute Gasteiger partial charge is 0.270 e. The minimum Gasteiger partial charge on any atom is -0.306 e. The van der Waals surface area contributed by atoms with Crippen molar-refractivity contribution in [1.82, 2.24) is 19.8 Å². The summed E-state index contributed by atoms with van der Waals surface area (Å²) in [5.41, 5.74) is 0.199. The van der Waals surface area contributed by atoms with Gasteiger partial charge in [0.2, 0.25) is 9.47 Å². The van der Waals surface area contributed by atoms with Crippen LogP contribution in [0.3, 0.4) is 0 Å². The average Bonchev–Trinajstić information content (AvgIpc) is 3.06. The molecule has 2 N–H and O–H groups in total. The number of benzene rings is 1. The molecule has 0 spiro atoms. The molecule has 0 atom stereocenters. The largest absolute Gasteiger partial charge is 0.306 e. The van der Waals surface area contributed by atoms with Gasteiger partial charge in [0, 0.05) is 11.1 Å². The number of rotatable bonds is 5. The number of nitrogens with one attached hydrogen (secondary N) is 2. The lowest BCUT2D eigenvalue weighted by Crippen LogP contribution is -2.43. The molecule has 0 radical (unpaired) electrons. The third-order valence-corrected chi connectivity index (χ3v) is 7.35. The van der Waals surface area contributed by atoms with Crippen molar-refractivity contribution in [3.8, 4) is 0 Å². The van der Waals surface area contributed by atoms with Crippen LogP contribution in [-0.4, -0.2) is 55.6 Å². The summed E-state index contributed by atoms with van der Waals surface area (Å²) < 4.78 is 27.4.